The molecule has 0 saturated carbocycles. The van der Waals surface area contributed by atoms with E-state index >= 15 is 0 Å². The number of hydrogen-bond donors (Lipinski definition) is 0. The maximum absolute atomic E-state index is 4.22. The monoisotopic (exact) mass is 332 g/mol. The van der Waals surface area contributed by atoms with E-state index in [2.05, 4.69) is 96.7 Å². The summed E-state index contributed by atoms with van der Waals surface area (Å²) in [7, 11) is 0. The first-order valence-corrected chi connectivity index (χ1v) is 11.1. The van der Waals surface area contributed by atoms with Gasteiger partial charge in [-0.3, -0.25) is 0 Å². The molecule has 19 heavy (non-hydrogen) atoms. The van der Waals surface area contributed by atoms with E-state index in [0.717, 1.165) is 6.42 Å². The first-order chi connectivity index (χ1) is 9.02. The van der Waals surface area contributed by atoms with Crippen molar-refractivity contribution in [3.63, 3.8) is 0 Å². The van der Waals surface area contributed by atoms with Gasteiger partial charge in [-0.2, -0.15) is 0 Å². The predicted molar refractivity (Wildman–Crippen MR) is 91.2 cm³/mol. The number of benzene rings is 2. The van der Waals surface area contributed by atoms with Crippen LogP contribution in [0.2, 0.25) is 5.04 Å². The Bertz CT molecular complexity index is 480. The van der Waals surface area contributed by atoms with Gasteiger partial charge >= 0.3 is 0 Å². The largest absolute Gasteiger partial charge is 0.196 e. The molecule has 0 amide bonds. The van der Waals surface area contributed by atoms with E-state index in [1.807, 2.05) is 0 Å². The highest BCUT2D eigenvalue weighted by Crippen LogP contribution is 2.43. The minimum Gasteiger partial charge on any atom is -0.113 e. The Hall–Kier alpha value is -0.863. The molecule has 0 aliphatic carbocycles. The van der Waals surface area contributed by atoms with Crippen molar-refractivity contribution in [1.29, 1.82) is 0 Å². The predicted octanol–water partition coefficient (Wildman–Crippen LogP) is 4.33. The molecule has 0 aliphatic rings. The summed E-state index contributed by atoms with van der Waals surface area (Å²) in [6.45, 7) is 5.14. The molecule has 0 atom stereocenters. The Balaban J connectivity index is 2.65. The van der Waals surface area contributed by atoms with Gasteiger partial charge in [0.2, 0.25) is 0 Å². The number of hydrogen-bond acceptors (Lipinski definition) is 0. The van der Waals surface area contributed by atoms with E-state index in [4.69, 9.17) is 0 Å². The maximum atomic E-state index is 4.22. The summed E-state index contributed by atoms with van der Waals surface area (Å²) in [5.74, 6) is 0. The SMILES string of the molecule is CCC(C)(C)[Si](Br)(c1ccccc1)c1ccccc1. The van der Waals surface area contributed by atoms with E-state index in [-0.39, 0.29) is 5.04 Å². The molecule has 0 fully saturated rings. The zero-order valence-corrected chi connectivity index (χ0v) is 14.4. The van der Waals surface area contributed by atoms with Gasteiger partial charge in [-0.25, -0.2) is 0 Å². The molecule has 2 rings (SSSR count). The molecule has 2 aromatic rings. The van der Waals surface area contributed by atoms with Crippen LogP contribution in [0.1, 0.15) is 27.2 Å². The van der Waals surface area contributed by atoms with Crippen molar-refractivity contribution >= 4 is 32.4 Å². The van der Waals surface area contributed by atoms with Gasteiger partial charge in [0.05, 0.1) is 0 Å². The van der Waals surface area contributed by atoms with Crippen molar-refractivity contribution in [2.24, 2.45) is 0 Å². The topological polar surface area (TPSA) is 0 Å². The lowest BCUT2D eigenvalue weighted by Gasteiger charge is -2.41. The lowest BCUT2D eigenvalue weighted by Crippen LogP contribution is -2.60. The van der Waals surface area contributed by atoms with Gasteiger partial charge in [-0.1, -0.05) is 87.9 Å². The van der Waals surface area contributed by atoms with Crippen LogP contribution in [-0.2, 0) is 0 Å². The molecule has 0 bridgehead atoms. The van der Waals surface area contributed by atoms with Crippen LogP contribution in [0.15, 0.2) is 60.7 Å². The lowest BCUT2D eigenvalue weighted by atomic mass is 10.1. The molecular formula is C17H21BrSi. The Morgan fingerprint density at radius 3 is 1.53 bits per heavy atom. The van der Waals surface area contributed by atoms with Crippen LogP contribution >= 0.6 is 15.3 Å². The molecule has 0 nitrogen and oxygen atoms in total. The van der Waals surface area contributed by atoms with Gasteiger partial charge in [0.15, 0.2) is 6.69 Å². The summed E-state index contributed by atoms with van der Waals surface area (Å²) in [6, 6.07) is 21.8. The Labute approximate surface area is 125 Å². The minimum atomic E-state index is -1.92. The Kier molecular flexibility index (Phi) is 4.31. The third-order valence-corrected chi connectivity index (χ3v) is 14.6. The van der Waals surface area contributed by atoms with E-state index in [1.54, 1.807) is 0 Å². The van der Waals surface area contributed by atoms with Crippen LogP contribution in [0, 0.1) is 0 Å². The average Bonchev–Trinajstić information content (AvgIpc) is 2.48. The zero-order valence-electron chi connectivity index (χ0n) is 11.9. The minimum absolute atomic E-state index is 0.260. The summed E-state index contributed by atoms with van der Waals surface area (Å²) in [6.07, 6.45) is 1.16. The van der Waals surface area contributed by atoms with Crippen molar-refractivity contribution in [3.05, 3.63) is 60.7 Å². The van der Waals surface area contributed by atoms with Gasteiger partial charge in [0.25, 0.3) is 0 Å². The fraction of sp³-hybridized carbons (Fsp3) is 0.294. The molecule has 0 unspecified atom stereocenters. The fourth-order valence-corrected chi connectivity index (χ4v) is 8.64. The molecule has 0 heterocycles. The van der Waals surface area contributed by atoms with Crippen LogP contribution in [-0.4, -0.2) is 6.69 Å². The molecule has 0 radical (unpaired) electrons. The smallest absolute Gasteiger partial charge is 0.113 e. The summed E-state index contributed by atoms with van der Waals surface area (Å²) >= 11 is 4.22. The second-order valence-electron chi connectivity index (χ2n) is 5.63. The Morgan fingerprint density at radius 2 is 1.21 bits per heavy atom. The van der Waals surface area contributed by atoms with Crippen LogP contribution in [0.25, 0.3) is 0 Å². The number of halogens is 1. The zero-order chi connectivity index (χ0) is 13.9. The summed E-state index contributed by atoms with van der Waals surface area (Å²) < 4.78 is 0. The van der Waals surface area contributed by atoms with Gasteiger partial charge in [-0.15, -0.1) is 15.3 Å². The van der Waals surface area contributed by atoms with Gasteiger partial charge in [0.1, 0.15) is 0 Å². The highest BCUT2D eigenvalue weighted by atomic mass is 79.9. The van der Waals surface area contributed by atoms with E-state index < -0.39 is 6.69 Å². The van der Waals surface area contributed by atoms with Crippen molar-refractivity contribution in [2.75, 3.05) is 0 Å². The molecule has 0 aliphatic heterocycles. The van der Waals surface area contributed by atoms with Crippen LogP contribution in [0.3, 0.4) is 0 Å². The van der Waals surface area contributed by atoms with Gasteiger partial charge in [-0.05, 0) is 15.4 Å². The fourth-order valence-electron chi connectivity index (χ4n) is 2.53. The van der Waals surface area contributed by atoms with Crippen LogP contribution < -0.4 is 10.4 Å². The maximum Gasteiger partial charge on any atom is 0.196 e. The molecule has 0 N–H and O–H groups in total. The highest BCUT2D eigenvalue weighted by Gasteiger charge is 2.47. The van der Waals surface area contributed by atoms with E-state index in [0.29, 0.717) is 0 Å². The molecule has 0 aromatic heterocycles. The van der Waals surface area contributed by atoms with Crippen molar-refractivity contribution in [2.45, 2.75) is 32.2 Å². The van der Waals surface area contributed by atoms with Crippen molar-refractivity contribution < 1.29 is 0 Å². The Morgan fingerprint density at radius 1 is 0.842 bits per heavy atom. The van der Waals surface area contributed by atoms with Crippen molar-refractivity contribution in [3.8, 4) is 0 Å². The second kappa shape index (κ2) is 5.64. The van der Waals surface area contributed by atoms with Crippen LogP contribution in [0.4, 0.5) is 0 Å². The molecule has 2 aromatic carbocycles. The summed E-state index contributed by atoms with van der Waals surface area (Å²) in [5, 5.41) is 3.16. The average molecular weight is 333 g/mol. The third kappa shape index (κ3) is 2.56. The molecule has 0 saturated heterocycles. The van der Waals surface area contributed by atoms with Gasteiger partial charge in [0, 0.05) is 0 Å². The molecule has 100 valence electrons. The first kappa shape index (κ1) is 14.5. The van der Waals surface area contributed by atoms with E-state index in [1.165, 1.54) is 10.4 Å². The van der Waals surface area contributed by atoms with Crippen LogP contribution in [0.5, 0.6) is 0 Å². The summed E-state index contributed by atoms with van der Waals surface area (Å²) in [4.78, 5) is 0. The standard InChI is InChI=1S/C17H21BrSi/c1-4-17(2,3)19(18,15-11-7-5-8-12-15)16-13-9-6-10-14-16/h5-14H,4H2,1-3H3. The molecular weight excluding hydrogens is 312 g/mol. The highest BCUT2D eigenvalue weighted by molar-refractivity contribution is 9.27. The van der Waals surface area contributed by atoms with Gasteiger partial charge < -0.3 is 0 Å². The van der Waals surface area contributed by atoms with Crippen molar-refractivity contribution in [1.82, 2.24) is 0 Å². The first-order valence-electron chi connectivity index (χ1n) is 6.82. The lowest BCUT2D eigenvalue weighted by molar-refractivity contribution is 0.638. The normalized spacial score (nSPS) is 12.4. The number of rotatable bonds is 4. The summed E-state index contributed by atoms with van der Waals surface area (Å²) in [5.41, 5.74) is 0. The van der Waals surface area contributed by atoms with E-state index in [9.17, 15) is 0 Å². The molecule has 2 heteroatoms. The quantitative estimate of drug-likeness (QED) is 0.577. The second-order valence-corrected chi connectivity index (χ2v) is 13.0. The third-order valence-electron chi connectivity index (χ3n) is 4.16. The molecule has 0 spiro atoms.